The van der Waals surface area contributed by atoms with E-state index >= 15 is 0 Å². The molecule has 1 N–H and O–H groups in total. The molecular weight excluding hydrogens is 211 g/mol. The van der Waals surface area contributed by atoms with Gasteiger partial charge in [0.2, 0.25) is 0 Å². The first kappa shape index (κ1) is 12.2. The molecule has 0 aliphatic rings. The van der Waals surface area contributed by atoms with Crippen LogP contribution in [0, 0.1) is 5.82 Å². The highest BCUT2D eigenvalue weighted by molar-refractivity contribution is 5.92. The van der Waals surface area contributed by atoms with Gasteiger partial charge in [-0.1, -0.05) is 6.92 Å². The first-order chi connectivity index (χ1) is 7.56. The molecule has 0 aliphatic heterocycles. The van der Waals surface area contributed by atoms with E-state index in [1.807, 2.05) is 0 Å². The van der Waals surface area contributed by atoms with Crippen LogP contribution in [0.5, 0.6) is 5.75 Å². The molecule has 3 nitrogen and oxygen atoms in total. The zero-order valence-electron chi connectivity index (χ0n) is 9.16. The minimum Gasteiger partial charge on any atom is -0.497 e. The molecule has 0 bridgehead atoms. The van der Waals surface area contributed by atoms with Gasteiger partial charge in [0, 0.05) is 11.6 Å². The minimum absolute atomic E-state index is 0.229. The van der Waals surface area contributed by atoms with Crippen molar-refractivity contribution in [1.29, 1.82) is 0 Å². The number of benzene rings is 1. The van der Waals surface area contributed by atoms with Gasteiger partial charge in [-0.05, 0) is 30.2 Å². The van der Waals surface area contributed by atoms with Crippen LogP contribution in [0.4, 0.5) is 4.39 Å². The summed E-state index contributed by atoms with van der Waals surface area (Å²) >= 11 is 0. The number of carboxylic acid groups (broad SMARTS) is 1. The van der Waals surface area contributed by atoms with Crippen molar-refractivity contribution in [3.8, 4) is 5.75 Å². The van der Waals surface area contributed by atoms with Crippen LogP contribution < -0.4 is 4.74 Å². The summed E-state index contributed by atoms with van der Waals surface area (Å²) in [5.41, 5.74) is 0.712. The summed E-state index contributed by atoms with van der Waals surface area (Å²) in [5, 5.41) is 8.84. The molecule has 16 heavy (non-hydrogen) atoms. The third kappa shape index (κ3) is 3.08. The van der Waals surface area contributed by atoms with E-state index in [0.717, 1.165) is 0 Å². The summed E-state index contributed by atoms with van der Waals surface area (Å²) in [7, 11) is 1.43. The van der Waals surface area contributed by atoms with Gasteiger partial charge in [0.05, 0.1) is 7.11 Å². The molecule has 0 radical (unpaired) electrons. The highest BCUT2D eigenvalue weighted by atomic mass is 19.1. The summed E-state index contributed by atoms with van der Waals surface area (Å²) in [6.45, 7) is 1.73. The maximum atomic E-state index is 13.1. The molecule has 0 saturated heterocycles. The molecule has 1 rings (SSSR count). The van der Waals surface area contributed by atoms with Gasteiger partial charge in [-0.2, -0.15) is 0 Å². The Morgan fingerprint density at radius 3 is 2.69 bits per heavy atom. The Balaban J connectivity index is 3.13. The van der Waals surface area contributed by atoms with Crippen molar-refractivity contribution in [3.05, 3.63) is 35.2 Å². The van der Waals surface area contributed by atoms with Gasteiger partial charge < -0.3 is 9.84 Å². The number of ether oxygens (including phenoxy) is 1. The Morgan fingerprint density at radius 1 is 1.50 bits per heavy atom. The number of carbonyl (C=O) groups is 1. The van der Waals surface area contributed by atoms with Gasteiger partial charge in [0.1, 0.15) is 11.6 Å². The van der Waals surface area contributed by atoms with E-state index in [1.165, 1.54) is 25.3 Å². The fourth-order valence-corrected chi connectivity index (χ4v) is 1.30. The van der Waals surface area contributed by atoms with Crippen LogP contribution in [-0.2, 0) is 4.79 Å². The summed E-state index contributed by atoms with van der Waals surface area (Å²) < 4.78 is 18.0. The van der Waals surface area contributed by atoms with Crippen molar-refractivity contribution in [3.63, 3.8) is 0 Å². The predicted octanol–water partition coefficient (Wildman–Crippen LogP) is 2.71. The number of hydrogen-bond donors (Lipinski definition) is 1. The number of rotatable bonds is 4. The van der Waals surface area contributed by atoms with Gasteiger partial charge >= 0.3 is 5.97 Å². The fourth-order valence-electron chi connectivity index (χ4n) is 1.30. The van der Waals surface area contributed by atoms with Crippen LogP contribution in [0.25, 0.3) is 6.08 Å². The smallest absolute Gasteiger partial charge is 0.331 e. The van der Waals surface area contributed by atoms with Crippen LogP contribution in [0.15, 0.2) is 23.8 Å². The number of carboxylic acids is 1. The average Bonchev–Trinajstić information content (AvgIpc) is 2.24. The molecule has 4 heteroatoms. The van der Waals surface area contributed by atoms with E-state index in [-0.39, 0.29) is 5.57 Å². The Hall–Kier alpha value is -1.84. The summed E-state index contributed by atoms with van der Waals surface area (Å²) in [4.78, 5) is 10.8. The number of hydrogen-bond acceptors (Lipinski definition) is 2. The van der Waals surface area contributed by atoms with E-state index in [4.69, 9.17) is 9.84 Å². The van der Waals surface area contributed by atoms with Crippen LogP contribution in [0.1, 0.15) is 18.9 Å². The van der Waals surface area contributed by atoms with Crippen LogP contribution in [0.3, 0.4) is 0 Å². The van der Waals surface area contributed by atoms with Crippen molar-refractivity contribution in [2.24, 2.45) is 0 Å². The molecule has 0 aromatic heterocycles. The second-order valence-electron chi connectivity index (χ2n) is 3.25. The van der Waals surface area contributed by atoms with Gasteiger partial charge in [0.15, 0.2) is 0 Å². The number of aliphatic carboxylic acids is 1. The van der Waals surface area contributed by atoms with E-state index in [9.17, 15) is 9.18 Å². The summed E-state index contributed by atoms with van der Waals surface area (Å²) in [6, 6.07) is 4.09. The molecule has 0 heterocycles. The zero-order valence-corrected chi connectivity index (χ0v) is 9.16. The summed E-state index contributed by atoms with van der Waals surface area (Å²) in [6.07, 6.45) is 1.82. The minimum atomic E-state index is -0.995. The Labute approximate surface area is 93.2 Å². The fraction of sp³-hybridized carbons (Fsp3) is 0.250. The van der Waals surface area contributed by atoms with Crippen LogP contribution >= 0.6 is 0 Å². The SMILES string of the molecule is CCC(=Cc1cc(F)cc(OC)c1)C(=O)O. The van der Waals surface area contributed by atoms with Crippen molar-refractivity contribution in [2.45, 2.75) is 13.3 Å². The maximum Gasteiger partial charge on any atom is 0.331 e. The summed E-state index contributed by atoms with van der Waals surface area (Å²) in [5.74, 6) is -1.08. The number of halogens is 1. The molecule has 1 aromatic rings. The Kier molecular flexibility index (Phi) is 4.05. The first-order valence-corrected chi connectivity index (χ1v) is 4.85. The molecule has 1 aromatic carbocycles. The highest BCUT2D eigenvalue weighted by Gasteiger charge is 2.05. The van der Waals surface area contributed by atoms with E-state index in [1.54, 1.807) is 13.0 Å². The van der Waals surface area contributed by atoms with E-state index in [0.29, 0.717) is 17.7 Å². The molecule has 0 saturated carbocycles. The highest BCUT2D eigenvalue weighted by Crippen LogP contribution is 2.19. The lowest BCUT2D eigenvalue weighted by Crippen LogP contribution is -1.98. The van der Waals surface area contributed by atoms with Crippen molar-refractivity contribution in [1.82, 2.24) is 0 Å². The van der Waals surface area contributed by atoms with Gasteiger partial charge in [-0.25, -0.2) is 9.18 Å². The van der Waals surface area contributed by atoms with Gasteiger partial charge in [-0.3, -0.25) is 0 Å². The lowest BCUT2D eigenvalue weighted by Gasteiger charge is -2.03. The van der Waals surface area contributed by atoms with Gasteiger partial charge in [-0.15, -0.1) is 0 Å². The molecule has 0 unspecified atom stereocenters. The molecule has 0 amide bonds. The molecule has 0 fully saturated rings. The molecule has 0 atom stereocenters. The second kappa shape index (κ2) is 5.30. The standard InChI is InChI=1S/C12H13FO3/c1-3-9(12(14)15)4-8-5-10(13)7-11(6-8)16-2/h4-7H,3H2,1-2H3,(H,14,15). The molecule has 0 aliphatic carbocycles. The Morgan fingerprint density at radius 2 is 2.19 bits per heavy atom. The number of methoxy groups -OCH3 is 1. The Bertz CT molecular complexity index is 424. The maximum absolute atomic E-state index is 13.1. The van der Waals surface area contributed by atoms with E-state index < -0.39 is 11.8 Å². The van der Waals surface area contributed by atoms with Crippen LogP contribution in [-0.4, -0.2) is 18.2 Å². The molecule has 0 spiro atoms. The largest absolute Gasteiger partial charge is 0.497 e. The van der Waals surface area contributed by atoms with E-state index in [2.05, 4.69) is 0 Å². The van der Waals surface area contributed by atoms with Gasteiger partial charge in [0.25, 0.3) is 0 Å². The normalized spacial score (nSPS) is 11.3. The predicted molar refractivity (Wildman–Crippen MR) is 58.9 cm³/mol. The van der Waals surface area contributed by atoms with Crippen molar-refractivity contribution < 1.29 is 19.0 Å². The molecule has 86 valence electrons. The lowest BCUT2D eigenvalue weighted by molar-refractivity contribution is -0.132. The third-order valence-electron chi connectivity index (χ3n) is 2.13. The second-order valence-corrected chi connectivity index (χ2v) is 3.25. The van der Waals surface area contributed by atoms with Crippen molar-refractivity contribution >= 4 is 12.0 Å². The quantitative estimate of drug-likeness (QED) is 0.800. The first-order valence-electron chi connectivity index (χ1n) is 4.85. The third-order valence-corrected chi connectivity index (χ3v) is 2.13. The topological polar surface area (TPSA) is 46.5 Å². The lowest BCUT2D eigenvalue weighted by atomic mass is 10.1. The molecular formula is C12H13FO3. The zero-order chi connectivity index (χ0) is 12.1. The van der Waals surface area contributed by atoms with Crippen LogP contribution in [0.2, 0.25) is 0 Å². The van der Waals surface area contributed by atoms with Crippen molar-refractivity contribution in [2.75, 3.05) is 7.11 Å². The average molecular weight is 224 g/mol. The monoisotopic (exact) mass is 224 g/mol.